The summed E-state index contributed by atoms with van der Waals surface area (Å²) in [6.45, 7) is 17.6. The van der Waals surface area contributed by atoms with Gasteiger partial charge in [-0.1, -0.05) is 66.5 Å². The van der Waals surface area contributed by atoms with Gasteiger partial charge in [-0.3, -0.25) is 4.79 Å². The van der Waals surface area contributed by atoms with Gasteiger partial charge in [0.05, 0.1) is 6.10 Å². The molecule has 4 fully saturated rings. The van der Waals surface area contributed by atoms with Crippen molar-refractivity contribution in [3.05, 3.63) is 11.6 Å². The average Bonchev–Trinajstić information content (AvgIpc) is 2.80. The number of carboxylic acids is 1. The summed E-state index contributed by atoms with van der Waals surface area (Å²) in [5.74, 6) is 1.31. The zero-order chi connectivity index (χ0) is 27.1. The maximum atomic E-state index is 11.2. The fourth-order valence-electron chi connectivity index (χ4n) is 11.5. The maximum absolute atomic E-state index is 11.2. The number of unbranched alkanes of at least 4 members (excludes halogenated alkanes) is 1. The summed E-state index contributed by atoms with van der Waals surface area (Å²) in [5.41, 5.74) is 3.45. The second kappa shape index (κ2) is 8.84. The fourth-order valence-corrected chi connectivity index (χ4v) is 11.5. The molecule has 37 heavy (non-hydrogen) atoms. The molecule has 0 aliphatic heterocycles. The van der Waals surface area contributed by atoms with Gasteiger partial charge in [-0.2, -0.15) is 0 Å². The van der Waals surface area contributed by atoms with Gasteiger partial charge >= 0.3 is 5.97 Å². The number of rotatable bonds is 5. The Kier molecular flexibility index (Phi) is 6.62. The smallest absolute Gasteiger partial charge is 0.303 e. The molecule has 5 rings (SSSR count). The van der Waals surface area contributed by atoms with E-state index in [0.29, 0.717) is 45.8 Å². The molecule has 0 bridgehead atoms. The van der Waals surface area contributed by atoms with Gasteiger partial charge in [0.25, 0.3) is 0 Å². The minimum atomic E-state index is -0.647. The van der Waals surface area contributed by atoms with Crippen molar-refractivity contribution in [3.8, 4) is 0 Å². The normalized spacial score (nSPS) is 48.1. The number of aliphatic carboxylic acids is 1. The lowest BCUT2D eigenvalue weighted by atomic mass is 9.33. The first kappa shape index (κ1) is 27.7. The molecule has 0 spiro atoms. The predicted molar refractivity (Wildman–Crippen MR) is 151 cm³/mol. The Bertz CT molecular complexity index is 947. The summed E-state index contributed by atoms with van der Waals surface area (Å²) in [6, 6.07) is 0. The monoisotopic (exact) mass is 512 g/mol. The molecule has 0 radical (unpaired) electrons. The van der Waals surface area contributed by atoms with Gasteiger partial charge in [0.15, 0.2) is 0 Å². The van der Waals surface area contributed by atoms with Crippen LogP contribution in [0.3, 0.4) is 0 Å². The zero-order valence-electron chi connectivity index (χ0n) is 25.1. The molecule has 3 nitrogen and oxygen atoms in total. The number of fused-ring (bicyclic) bond motifs is 7. The van der Waals surface area contributed by atoms with Crippen LogP contribution in [-0.4, -0.2) is 22.3 Å². The van der Waals surface area contributed by atoms with Gasteiger partial charge in [0, 0.05) is 6.42 Å². The Labute approximate surface area is 227 Å². The van der Waals surface area contributed by atoms with E-state index in [9.17, 15) is 15.0 Å². The molecule has 0 heterocycles. The highest BCUT2D eigenvalue weighted by Crippen LogP contribution is 2.76. The van der Waals surface area contributed by atoms with E-state index < -0.39 is 5.97 Å². The van der Waals surface area contributed by atoms with E-state index >= 15 is 0 Å². The quantitative estimate of drug-likeness (QED) is 0.286. The van der Waals surface area contributed by atoms with Gasteiger partial charge in [0.1, 0.15) is 0 Å². The van der Waals surface area contributed by atoms with Crippen molar-refractivity contribution in [1.29, 1.82) is 0 Å². The molecule has 210 valence electrons. The number of aliphatic hydroxyl groups is 1. The second-order valence-corrected chi connectivity index (χ2v) is 16.6. The molecule has 5 aliphatic carbocycles. The third-order valence-electron chi connectivity index (χ3n) is 14.1. The van der Waals surface area contributed by atoms with Crippen LogP contribution in [0.25, 0.3) is 0 Å². The molecule has 5 aliphatic rings. The Morgan fingerprint density at radius 1 is 0.892 bits per heavy atom. The number of hydrogen-bond acceptors (Lipinski definition) is 2. The van der Waals surface area contributed by atoms with Crippen molar-refractivity contribution in [3.63, 3.8) is 0 Å². The molecular formula is C34H56O3. The van der Waals surface area contributed by atoms with Gasteiger partial charge in [0.2, 0.25) is 0 Å². The highest BCUT2D eigenvalue weighted by molar-refractivity contribution is 5.66. The number of allylic oxidation sites excluding steroid dienone is 2. The van der Waals surface area contributed by atoms with Gasteiger partial charge in [-0.25, -0.2) is 0 Å². The van der Waals surface area contributed by atoms with E-state index in [1.807, 2.05) is 0 Å². The molecular weight excluding hydrogens is 456 g/mol. The summed E-state index contributed by atoms with van der Waals surface area (Å²) in [5, 5.41) is 20.2. The predicted octanol–water partition coefficient (Wildman–Crippen LogP) is 8.79. The molecule has 3 heteroatoms. The summed E-state index contributed by atoms with van der Waals surface area (Å²) >= 11 is 0. The van der Waals surface area contributed by atoms with E-state index in [-0.39, 0.29) is 16.9 Å². The molecule has 0 saturated heterocycles. The van der Waals surface area contributed by atoms with Gasteiger partial charge in [-0.15, -0.1) is 0 Å². The summed E-state index contributed by atoms with van der Waals surface area (Å²) in [6.07, 6.45) is 18.4. The number of hydrogen-bond donors (Lipinski definition) is 2. The average molecular weight is 513 g/mol. The SMILES string of the molecule is CC1(C)CC[C@]2(CCCCC(=O)O)CC[C@]3(C)C(=CC[C@@H]4[C@@]5(C)CC[C@H](O)C(C)(C)[C@@H]5CC[C@]43C)[C@@H]2C1. The third-order valence-corrected chi connectivity index (χ3v) is 14.1. The first-order valence-electron chi connectivity index (χ1n) is 15.7. The standard InChI is InChI=1S/C34H56O3/c1-29(2)18-20-34(15-9-8-10-28(36)37)21-19-32(6)23(24(34)22-29)11-12-26-31(5)16-14-27(35)30(3,4)25(31)13-17-33(26,32)7/h11,24-27,35H,8-10,12-22H2,1-7H3,(H,36,37)/t24-,25-,26+,27-,31-,32+,33+,34+/m0/s1. The Morgan fingerprint density at radius 3 is 2.30 bits per heavy atom. The van der Waals surface area contributed by atoms with Crippen LogP contribution in [0, 0.1) is 50.2 Å². The molecule has 0 aromatic heterocycles. The summed E-state index contributed by atoms with van der Waals surface area (Å²) in [4.78, 5) is 11.2. The first-order valence-corrected chi connectivity index (χ1v) is 15.7. The van der Waals surface area contributed by atoms with E-state index in [1.165, 1.54) is 64.2 Å². The minimum Gasteiger partial charge on any atom is -0.481 e. The highest BCUT2D eigenvalue weighted by atomic mass is 16.4. The van der Waals surface area contributed by atoms with Crippen molar-refractivity contribution in [2.24, 2.45) is 50.2 Å². The lowest BCUT2D eigenvalue weighted by Crippen LogP contribution is -2.64. The highest BCUT2D eigenvalue weighted by Gasteiger charge is 2.68. The van der Waals surface area contributed by atoms with Gasteiger partial charge < -0.3 is 10.2 Å². The van der Waals surface area contributed by atoms with Crippen molar-refractivity contribution in [1.82, 2.24) is 0 Å². The topological polar surface area (TPSA) is 57.5 Å². The van der Waals surface area contributed by atoms with Crippen LogP contribution in [0.15, 0.2) is 11.6 Å². The van der Waals surface area contributed by atoms with Crippen LogP contribution in [0.4, 0.5) is 0 Å². The molecule has 4 saturated carbocycles. The molecule has 0 aromatic rings. The zero-order valence-corrected chi connectivity index (χ0v) is 25.1. The Morgan fingerprint density at radius 2 is 1.59 bits per heavy atom. The van der Waals surface area contributed by atoms with E-state index in [4.69, 9.17) is 0 Å². The van der Waals surface area contributed by atoms with Crippen molar-refractivity contribution < 1.29 is 15.0 Å². The van der Waals surface area contributed by atoms with Crippen LogP contribution < -0.4 is 0 Å². The Balaban J connectivity index is 1.50. The summed E-state index contributed by atoms with van der Waals surface area (Å²) < 4.78 is 0. The lowest BCUT2D eigenvalue weighted by Gasteiger charge is -2.71. The number of aliphatic hydroxyl groups excluding tert-OH is 1. The van der Waals surface area contributed by atoms with Crippen LogP contribution >= 0.6 is 0 Å². The molecule has 0 unspecified atom stereocenters. The number of carboxylic acid groups (broad SMARTS) is 1. The Hall–Kier alpha value is -0.830. The van der Waals surface area contributed by atoms with Crippen LogP contribution in [-0.2, 0) is 4.79 Å². The van der Waals surface area contributed by atoms with E-state index in [0.717, 1.165) is 19.3 Å². The van der Waals surface area contributed by atoms with Crippen LogP contribution in [0.5, 0.6) is 0 Å². The molecule has 0 aromatic carbocycles. The van der Waals surface area contributed by atoms with Gasteiger partial charge in [-0.05, 0) is 127 Å². The first-order chi connectivity index (χ1) is 17.1. The van der Waals surface area contributed by atoms with E-state index in [2.05, 4.69) is 54.5 Å². The van der Waals surface area contributed by atoms with Crippen molar-refractivity contribution >= 4 is 5.97 Å². The van der Waals surface area contributed by atoms with Crippen molar-refractivity contribution in [2.75, 3.05) is 0 Å². The fraction of sp³-hybridized carbons (Fsp3) is 0.912. The summed E-state index contributed by atoms with van der Waals surface area (Å²) in [7, 11) is 0. The third kappa shape index (κ3) is 4.02. The largest absolute Gasteiger partial charge is 0.481 e. The maximum Gasteiger partial charge on any atom is 0.303 e. The molecule has 0 amide bonds. The van der Waals surface area contributed by atoms with E-state index in [1.54, 1.807) is 5.57 Å². The molecule has 2 N–H and O–H groups in total. The lowest BCUT2D eigenvalue weighted by molar-refractivity contribution is -0.203. The minimum absolute atomic E-state index is 0.00426. The number of carbonyl (C=O) groups is 1. The second-order valence-electron chi connectivity index (χ2n) is 16.6. The van der Waals surface area contributed by atoms with Crippen molar-refractivity contribution in [2.45, 2.75) is 144 Å². The van der Waals surface area contributed by atoms with Crippen LogP contribution in [0.1, 0.15) is 138 Å². The van der Waals surface area contributed by atoms with Crippen LogP contribution in [0.2, 0.25) is 0 Å². The molecule has 8 atom stereocenters.